The van der Waals surface area contributed by atoms with Crippen LogP contribution < -0.4 is 4.74 Å². The molecule has 0 unspecified atom stereocenters. The van der Waals surface area contributed by atoms with E-state index in [0.717, 1.165) is 17.1 Å². The van der Waals surface area contributed by atoms with Crippen molar-refractivity contribution in [2.45, 2.75) is 11.2 Å². The summed E-state index contributed by atoms with van der Waals surface area (Å²) in [6, 6.07) is 29.3. The fraction of sp³-hybridized carbons (Fsp3) is 0.231. The molecule has 4 rings (SSSR count). The zero-order chi connectivity index (χ0) is 22.4. The van der Waals surface area contributed by atoms with Gasteiger partial charge in [-0.25, -0.2) is 0 Å². The standard InChI is InChI=1S/C26H25NO2S3/c1-29-23-14-12-22(13-15-23)26(20-8-4-2-5-9-20,21-10-6-3-7-11-21)32-18-16-24(28)27-17-19-31-25(27)30/h2-15H,16-19H2,1H3. The molecule has 3 aromatic rings. The van der Waals surface area contributed by atoms with E-state index in [-0.39, 0.29) is 5.91 Å². The topological polar surface area (TPSA) is 29.5 Å². The highest BCUT2D eigenvalue weighted by atomic mass is 32.2. The molecule has 1 fully saturated rings. The third-order valence-corrected chi connectivity index (χ3v) is 8.53. The van der Waals surface area contributed by atoms with E-state index in [2.05, 4.69) is 60.7 Å². The summed E-state index contributed by atoms with van der Waals surface area (Å²) in [7, 11) is 1.68. The number of thiocarbonyl (C=S) groups is 1. The predicted octanol–water partition coefficient (Wildman–Crippen LogP) is 5.97. The quantitative estimate of drug-likeness (QED) is 0.293. The average molecular weight is 480 g/mol. The van der Waals surface area contributed by atoms with Gasteiger partial charge in [0.2, 0.25) is 5.91 Å². The molecule has 0 saturated carbocycles. The fourth-order valence-electron chi connectivity index (χ4n) is 3.97. The van der Waals surface area contributed by atoms with Crippen molar-refractivity contribution >= 4 is 46.0 Å². The van der Waals surface area contributed by atoms with Crippen molar-refractivity contribution in [2.75, 3.05) is 25.2 Å². The average Bonchev–Trinajstić information content (AvgIpc) is 3.29. The van der Waals surface area contributed by atoms with E-state index in [1.807, 2.05) is 24.3 Å². The van der Waals surface area contributed by atoms with Gasteiger partial charge in [-0.05, 0) is 28.8 Å². The molecule has 0 radical (unpaired) electrons. The summed E-state index contributed by atoms with van der Waals surface area (Å²) in [5.41, 5.74) is 3.52. The Balaban J connectivity index is 1.72. The van der Waals surface area contributed by atoms with Gasteiger partial charge < -0.3 is 4.74 Å². The van der Waals surface area contributed by atoms with E-state index in [1.54, 1.807) is 35.5 Å². The van der Waals surface area contributed by atoms with Crippen LogP contribution in [0.15, 0.2) is 84.9 Å². The molecule has 3 aromatic carbocycles. The van der Waals surface area contributed by atoms with Crippen LogP contribution in [0.3, 0.4) is 0 Å². The second kappa shape index (κ2) is 10.6. The second-order valence-corrected chi connectivity index (χ2v) is 10.4. The number of methoxy groups -OCH3 is 1. The van der Waals surface area contributed by atoms with Crippen molar-refractivity contribution in [1.29, 1.82) is 0 Å². The van der Waals surface area contributed by atoms with Crippen LogP contribution in [0.5, 0.6) is 5.75 Å². The van der Waals surface area contributed by atoms with Crippen molar-refractivity contribution in [2.24, 2.45) is 0 Å². The van der Waals surface area contributed by atoms with Crippen LogP contribution in [-0.2, 0) is 9.54 Å². The van der Waals surface area contributed by atoms with Crippen LogP contribution in [0, 0.1) is 0 Å². The van der Waals surface area contributed by atoms with Crippen molar-refractivity contribution in [3.05, 3.63) is 102 Å². The highest BCUT2D eigenvalue weighted by Gasteiger charge is 2.37. The minimum Gasteiger partial charge on any atom is -0.497 e. The first-order valence-electron chi connectivity index (χ1n) is 10.5. The number of rotatable bonds is 8. The molecule has 1 heterocycles. The lowest BCUT2D eigenvalue weighted by atomic mass is 9.84. The Hall–Kier alpha value is -2.28. The summed E-state index contributed by atoms with van der Waals surface area (Å²) in [4.78, 5) is 14.6. The molecule has 0 bridgehead atoms. The molecule has 0 atom stereocenters. The van der Waals surface area contributed by atoms with Gasteiger partial charge in [0.25, 0.3) is 0 Å². The Kier molecular flexibility index (Phi) is 7.55. The maximum Gasteiger partial charge on any atom is 0.228 e. The van der Waals surface area contributed by atoms with E-state index >= 15 is 0 Å². The minimum absolute atomic E-state index is 0.109. The fourth-order valence-corrected chi connectivity index (χ4v) is 6.70. The number of thioether (sulfide) groups is 2. The SMILES string of the molecule is COc1ccc(C(SCCC(=O)N2CCSC2=S)(c2ccccc2)c2ccccc2)cc1. The predicted molar refractivity (Wildman–Crippen MR) is 140 cm³/mol. The van der Waals surface area contributed by atoms with Crippen molar-refractivity contribution < 1.29 is 9.53 Å². The zero-order valence-electron chi connectivity index (χ0n) is 17.9. The Morgan fingerprint density at radius 3 is 2.03 bits per heavy atom. The lowest BCUT2D eigenvalue weighted by Gasteiger charge is -2.35. The molecule has 1 aliphatic heterocycles. The first-order chi connectivity index (χ1) is 15.6. The van der Waals surface area contributed by atoms with Crippen LogP contribution in [0.1, 0.15) is 23.1 Å². The van der Waals surface area contributed by atoms with Crippen molar-refractivity contribution in [3.8, 4) is 5.75 Å². The number of nitrogens with zero attached hydrogens (tertiary/aromatic N) is 1. The number of benzene rings is 3. The third-order valence-electron chi connectivity index (χ3n) is 5.55. The Morgan fingerprint density at radius 1 is 0.969 bits per heavy atom. The van der Waals surface area contributed by atoms with Gasteiger partial charge in [0.05, 0.1) is 11.9 Å². The number of ether oxygens (including phenoxy) is 1. The summed E-state index contributed by atoms with van der Waals surface area (Å²) in [5, 5.41) is 0. The Labute approximate surface area is 203 Å². The molecular weight excluding hydrogens is 454 g/mol. The van der Waals surface area contributed by atoms with E-state index in [1.165, 1.54) is 11.1 Å². The van der Waals surface area contributed by atoms with Gasteiger partial charge in [0.15, 0.2) is 0 Å². The summed E-state index contributed by atoms with van der Waals surface area (Å²) < 4.78 is 5.65. The number of hydrogen-bond donors (Lipinski definition) is 0. The van der Waals surface area contributed by atoms with E-state index < -0.39 is 4.75 Å². The Bertz CT molecular complexity index is 1020. The molecule has 1 amide bonds. The molecule has 32 heavy (non-hydrogen) atoms. The Morgan fingerprint density at radius 2 is 1.53 bits per heavy atom. The molecule has 3 nitrogen and oxygen atoms in total. The van der Waals surface area contributed by atoms with Crippen LogP contribution in [0.25, 0.3) is 0 Å². The zero-order valence-corrected chi connectivity index (χ0v) is 20.3. The number of carbonyl (C=O) groups excluding carboxylic acids is 1. The van der Waals surface area contributed by atoms with Crippen LogP contribution >= 0.6 is 35.7 Å². The summed E-state index contributed by atoms with van der Waals surface area (Å²) in [6.45, 7) is 0.716. The van der Waals surface area contributed by atoms with E-state index in [0.29, 0.717) is 23.0 Å². The van der Waals surface area contributed by atoms with Gasteiger partial charge in [-0.2, -0.15) is 0 Å². The molecule has 0 aliphatic carbocycles. The van der Waals surface area contributed by atoms with Gasteiger partial charge in [0, 0.05) is 24.5 Å². The molecular formula is C26H25NO2S3. The lowest BCUT2D eigenvalue weighted by molar-refractivity contribution is -0.126. The first kappa shape index (κ1) is 22.9. The summed E-state index contributed by atoms with van der Waals surface area (Å²) >= 11 is 8.72. The molecule has 164 valence electrons. The van der Waals surface area contributed by atoms with Crippen LogP contribution in [0.4, 0.5) is 0 Å². The summed E-state index contributed by atoms with van der Waals surface area (Å²) in [5.74, 6) is 2.50. The highest BCUT2D eigenvalue weighted by Crippen LogP contribution is 2.49. The number of amides is 1. The summed E-state index contributed by atoms with van der Waals surface area (Å²) in [6.07, 6.45) is 0.447. The molecule has 0 spiro atoms. The maximum absolute atomic E-state index is 12.8. The molecule has 1 saturated heterocycles. The molecule has 1 aliphatic rings. The third kappa shape index (κ3) is 4.72. The molecule has 6 heteroatoms. The van der Waals surface area contributed by atoms with Gasteiger partial charge in [-0.15, -0.1) is 11.8 Å². The van der Waals surface area contributed by atoms with Gasteiger partial charge >= 0.3 is 0 Å². The second-order valence-electron chi connectivity index (χ2n) is 7.40. The van der Waals surface area contributed by atoms with E-state index in [9.17, 15) is 4.79 Å². The maximum atomic E-state index is 12.8. The first-order valence-corrected chi connectivity index (χ1v) is 12.9. The monoisotopic (exact) mass is 479 g/mol. The number of carbonyl (C=O) groups is 1. The highest BCUT2D eigenvalue weighted by molar-refractivity contribution is 8.23. The van der Waals surface area contributed by atoms with Gasteiger partial charge in [0.1, 0.15) is 10.1 Å². The van der Waals surface area contributed by atoms with Crippen LogP contribution in [0.2, 0.25) is 0 Å². The van der Waals surface area contributed by atoms with Gasteiger partial charge in [-0.3, -0.25) is 9.69 Å². The molecule has 0 aromatic heterocycles. The largest absolute Gasteiger partial charge is 0.497 e. The number of hydrogen-bond acceptors (Lipinski definition) is 5. The van der Waals surface area contributed by atoms with Crippen molar-refractivity contribution in [3.63, 3.8) is 0 Å². The normalized spacial score (nSPS) is 13.9. The van der Waals surface area contributed by atoms with E-state index in [4.69, 9.17) is 17.0 Å². The van der Waals surface area contributed by atoms with Crippen LogP contribution in [-0.4, -0.2) is 40.3 Å². The van der Waals surface area contributed by atoms with Gasteiger partial charge in [-0.1, -0.05) is 96.8 Å². The minimum atomic E-state index is -0.449. The lowest BCUT2D eigenvalue weighted by Crippen LogP contribution is -2.32. The smallest absolute Gasteiger partial charge is 0.228 e. The molecule has 0 N–H and O–H groups in total. The van der Waals surface area contributed by atoms with Crippen molar-refractivity contribution in [1.82, 2.24) is 4.90 Å².